The summed E-state index contributed by atoms with van der Waals surface area (Å²) in [5.41, 5.74) is 8.92. The Kier molecular flexibility index (Phi) is 4.45. The van der Waals surface area contributed by atoms with Gasteiger partial charge in [0.2, 0.25) is 0 Å². The Bertz CT molecular complexity index is 2720. The zero-order valence-electron chi connectivity index (χ0n) is 23.2. The molecule has 10 aromatic rings. The molecule has 0 aliphatic carbocycles. The molecule has 43 heavy (non-hydrogen) atoms. The van der Waals surface area contributed by atoms with Crippen LogP contribution in [0.4, 0.5) is 0 Å². The number of hydrogen-bond acceptors (Lipinski definition) is 1. The molecule has 0 fully saturated rings. The van der Waals surface area contributed by atoms with Gasteiger partial charge in [0.15, 0.2) is 0 Å². The maximum atomic E-state index is 6.33. The van der Waals surface area contributed by atoms with Crippen LogP contribution in [0.15, 0.2) is 150 Å². The zero-order chi connectivity index (χ0) is 28.1. The van der Waals surface area contributed by atoms with Crippen LogP contribution >= 0.6 is 0 Å². The molecular formula is C40H24N2O. The minimum Gasteiger partial charge on any atom is -0.456 e. The quantitative estimate of drug-likeness (QED) is 0.211. The second-order valence-electron chi connectivity index (χ2n) is 11.3. The van der Waals surface area contributed by atoms with Gasteiger partial charge in [-0.25, -0.2) is 0 Å². The molecule has 0 atom stereocenters. The Labute approximate surface area is 246 Å². The number of hydrogen-bond donors (Lipinski definition) is 0. The SMILES string of the molecule is c1ccc(-n2c3c4ccccc4ccc3c3ccc4c(c5ccccc5n4-c4cccc5oc6ccccc6c45)c32)cc1. The lowest BCUT2D eigenvalue weighted by molar-refractivity contribution is 0.669. The van der Waals surface area contributed by atoms with E-state index in [1.54, 1.807) is 0 Å². The van der Waals surface area contributed by atoms with E-state index < -0.39 is 0 Å². The number of furan rings is 1. The highest BCUT2D eigenvalue weighted by Crippen LogP contribution is 2.45. The average Bonchev–Trinajstić information content (AvgIpc) is 3.73. The third-order valence-electron chi connectivity index (χ3n) is 9.08. The normalized spacial score (nSPS) is 12.2. The summed E-state index contributed by atoms with van der Waals surface area (Å²) < 4.78 is 11.2. The average molecular weight is 549 g/mol. The van der Waals surface area contributed by atoms with Crippen molar-refractivity contribution in [3.05, 3.63) is 146 Å². The summed E-state index contributed by atoms with van der Waals surface area (Å²) in [4.78, 5) is 0. The summed E-state index contributed by atoms with van der Waals surface area (Å²) in [5, 5.41) is 9.77. The number of rotatable bonds is 2. The topological polar surface area (TPSA) is 23.0 Å². The Morgan fingerprint density at radius 3 is 1.98 bits per heavy atom. The Morgan fingerprint density at radius 1 is 0.372 bits per heavy atom. The van der Waals surface area contributed by atoms with Crippen molar-refractivity contribution in [2.45, 2.75) is 0 Å². The van der Waals surface area contributed by atoms with E-state index in [0.29, 0.717) is 0 Å². The van der Waals surface area contributed by atoms with Crippen molar-refractivity contribution in [3.8, 4) is 11.4 Å². The molecule has 0 N–H and O–H groups in total. The molecule has 0 saturated carbocycles. The van der Waals surface area contributed by atoms with Crippen LogP contribution < -0.4 is 0 Å². The highest BCUT2D eigenvalue weighted by molar-refractivity contribution is 6.29. The molecule has 3 aromatic heterocycles. The summed E-state index contributed by atoms with van der Waals surface area (Å²) in [6.07, 6.45) is 0. The maximum Gasteiger partial charge on any atom is 0.137 e. The first-order valence-corrected chi connectivity index (χ1v) is 14.7. The van der Waals surface area contributed by atoms with Crippen molar-refractivity contribution in [1.29, 1.82) is 0 Å². The van der Waals surface area contributed by atoms with Gasteiger partial charge in [-0.3, -0.25) is 0 Å². The summed E-state index contributed by atoms with van der Waals surface area (Å²) >= 11 is 0. The van der Waals surface area contributed by atoms with E-state index in [0.717, 1.165) is 33.3 Å². The fourth-order valence-corrected chi connectivity index (χ4v) is 7.35. The zero-order valence-corrected chi connectivity index (χ0v) is 23.2. The van der Waals surface area contributed by atoms with E-state index in [9.17, 15) is 0 Å². The monoisotopic (exact) mass is 548 g/mol. The smallest absolute Gasteiger partial charge is 0.137 e. The fraction of sp³-hybridized carbons (Fsp3) is 0. The van der Waals surface area contributed by atoms with Gasteiger partial charge < -0.3 is 13.6 Å². The second-order valence-corrected chi connectivity index (χ2v) is 11.3. The van der Waals surface area contributed by atoms with Gasteiger partial charge in [0, 0.05) is 38.0 Å². The van der Waals surface area contributed by atoms with Crippen LogP contribution in [0, 0.1) is 0 Å². The molecular weight excluding hydrogens is 524 g/mol. The predicted octanol–water partition coefficient (Wildman–Crippen LogP) is 10.9. The van der Waals surface area contributed by atoms with Crippen molar-refractivity contribution >= 4 is 76.3 Å². The Balaban J connectivity index is 1.46. The molecule has 0 amide bonds. The van der Waals surface area contributed by atoms with E-state index in [-0.39, 0.29) is 0 Å². The number of benzene rings is 7. The molecule has 0 bridgehead atoms. The van der Waals surface area contributed by atoms with Gasteiger partial charge in [-0.15, -0.1) is 0 Å². The van der Waals surface area contributed by atoms with Gasteiger partial charge in [-0.2, -0.15) is 0 Å². The molecule has 0 aliphatic heterocycles. The summed E-state index contributed by atoms with van der Waals surface area (Å²) in [5.74, 6) is 0. The predicted molar refractivity (Wildman–Crippen MR) is 180 cm³/mol. The van der Waals surface area contributed by atoms with Crippen molar-refractivity contribution in [2.75, 3.05) is 0 Å². The van der Waals surface area contributed by atoms with Crippen LogP contribution in [0.3, 0.4) is 0 Å². The van der Waals surface area contributed by atoms with E-state index in [1.165, 1.54) is 54.4 Å². The Morgan fingerprint density at radius 2 is 1.07 bits per heavy atom. The highest BCUT2D eigenvalue weighted by Gasteiger charge is 2.23. The number of aromatic nitrogens is 2. The molecule has 0 radical (unpaired) electrons. The number of fused-ring (bicyclic) bond motifs is 12. The van der Waals surface area contributed by atoms with Gasteiger partial charge in [0.1, 0.15) is 11.2 Å². The van der Waals surface area contributed by atoms with Crippen molar-refractivity contribution in [2.24, 2.45) is 0 Å². The first kappa shape index (κ1) is 22.8. The van der Waals surface area contributed by atoms with Gasteiger partial charge in [0.05, 0.1) is 33.1 Å². The molecule has 0 unspecified atom stereocenters. The third-order valence-corrected chi connectivity index (χ3v) is 9.08. The first-order valence-electron chi connectivity index (χ1n) is 14.7. The largest absolute Gasteiger partial charge is 0.456 e. The number of para-hydroxylation sites is 3. The standard InChI is InChI=1S/C40H24N2O/c1-2-12-26(13-3-1)41-39-27-14-5-4-11-25(27)21-22-28(39)29-23-24-34-38(40(29)41)30-15-6-8-17-32(30)42(34)33-18-10-20-36-37(33)31-16-7-9-19-35(31)43-36/h1-24H. The van der Waals surface area contributed by atoms with Crippen LogP contribution in [-0.2, 0) is 0 Å². The third kappa shape index (κ3) is 2.98. The Hall–Kier alpha value is -5.80. The second kappa shape index (κ2) is 8.37. The van der Waals surface area contributed by atoms with Crippen LogP contribution in [0.2, 0.25) is 0 Å². The van der Waals surface area contributed by atoms with E-state index in [1.807, 2.05) is 6.07 Å². The lowest BCUT2D eigenvalue weighted by Crippen LogP contribution is -1.96. The van der Waals surface area contributed by atoms with Gasteiger partial charge >= 0.3 is 0 Å². The number of nitrogens with zero attached hydrogens (tertiary/aromatic N) is 2. The summed E-state index contributed by atoms with van der Waals surface area (Å²) in [6.45, 7) is 0. The minimum atomic E-state index is 0.899. The van der Waals surface area contributed by atoms with Crippen LogP contribution in [-0.4, -0.2) is 9.13 Å². The summed E-state index contributed by atoms with van der Waals surface area (Å²) in [6, 6.07) is 52.2. The van der Waals surface area contributed by atoms with Crippen molar-refractivity contribution in [3.63, 3.8) is 0 Å². The maximum absolute atomic E-state index is 6.33. The molecule has 0 saturated heterocycles. The molecule has 3 heteroatoms. The molecule has 0 spiro atoms. The highest BCUT2D eigenvalue weighted by atomic mass is 16.3. The molecule has 0 aliphatic rings. The lowest BCUT2D eigenvalue weighted by atomic mass is 10.0. The molecule has 10 rings (SSSR count). The van der Waals surface area contributed by atoms with Gasteiger partial charge in [-0.1, -0.05) is 103 Å². The van der Waals surface area contributed by atoms with Crippen LogP contribution in [0.5, 0.6) is 0 Å². The van der Waals surface area contributed by atoms with E-state index in [2.05, 4.69) is 149 Å². The van der Waals surface area contributed by atoms with E-state index >= 15 is 0 Å². The van der Waals surface area contributed by atoms with Crippen LogP contribution in [0.1, 0.15) is 0 Å². The molecule has 7 aromatic carbocycles. The van der Waals surface area contributed by atoms with Gasteiger partial charge in [-0.05, 0) is 47.9 Å². The van der Waals surface area contributed by atoms with Crippen molar-refractivity contribution < 1.29 is 4.42 Å². The fourth-order valence-electron chi connectivity index (χ4n) is 7.35. The first-order chi connectivity index (χ1) is 21.4. The van der Waals surface area contributed by atoms with Gasteiger partial charge in [0.25, 0.3) is 0 Å². The van der Waals surface area contributed by atoms with Crippen molar-refractivity contribution in [1.82, 2.24) is 9.13 Å². The molecule has 3 heterocycles. The lowest BCUT2D eigenvalue weighted by Gasteiger charge is -2.11. The minimum absolute atomic E-state index is 0.899. The molecule has 3 nitrogen and oxygen atoms in total. The van der Waals surface area contributed by atoms with E-state index in [4.69, 9.17) is 4.42 Å². The summed E-state index contributed by atoms with van der Waals surface area (Å²) in [7, 11) is 0. The molecule has 200 valence electrons. The van der Waals surface area contributed by atoms with Crippen LogP contribution in [0.25, 0.3) is 87.7 Å².